The van der Waals surface area contributed by atoms with Crippen molar-refractivity contribution < 1.29 is 19.0 Å². The second-order valence-corrected chi connectivity index (χ2v) is 5.75. The molecule has 1 N–H and O–H groups in total. The third kappa shape index (κ3) is 4.41. The first-order valence-corrected chi connectivity index (χ1v) is 7.38. The highest BCUT2D eigenvalue weighted by Gasteiger charge is 2.08. The summed E-state index contributed by atoms with van der Waals surface area (Å²) in [5, 5.41) is 8.59. The van der Waals surface area contributed by atoms with Gasteiger partial charge in [0.1, 0.15) is 17.3 Å². The summed E-state index contributed by atoms with van der Waals surface area (Å²) in [5.74, 6) is -0.571. The number of carboxylic acids is 1. The Balaban J connectivity index is 2.25. The van der Waals surface area contributed by atoms with Gasteiger partial charge in [0.25, 0.3) is 0 Å². The average molecular weight is 416 g/mol. The molecule has 0 saturated carbocycles. The lowest BCUT2D eigenvalue weighted by Gasteiger charge is -2.10. The summed E-state index contributed by atoms with van der Waals surface area (Å²) in [4.78, 5) is 10.5. The van der Waals surface area contributed by atoms with Gasteiger partial charge in [0.15, 0.2) is 0 Å². The molecule has 0 bridgehead atoms. The predicted molar refractivity (Wildman–Crippen MR) is 85.0 cm³/mol. The van der Waals surface area contributed by atoms with Crippen LogP contribution >= 0.6 is 31.9 Å². The monoisotopic (exact) mass is 414 g/mol. The summed E-state index contributed by atoms with van der Waals surface area (Å²) in [6.45, 7) is 0. The summed E-state index contributed by atoms with van der Waals surface area (Å²) in [6.07, 6.45) is 2.51. The summed E-state index contributed by atoms with van der Waals surface area (Å²) >= 11 is 6.62. The van der Waals surface area contributed by atoms with Crippen molar-refractivity contribution in [3.05, 3.63) is 62.8 Å². The fraction of sp³-hybridized carbons (Fsp3) is 0. The molecule has 108 valence electrons. The Morgan fingerprint density at radius 1 is 1.10 bits per heavy atom. The third-order valence-electron chi connectivity index (χ3n) is 2.49. The topological polar surface area (TPSA) is 46.5 Å². The Kier molecular flexibility index (Phi) is 5.14. The molecule has 0 amide bonds. The van der Waals surface area contributed by atoms with E-state index in [1.807, 2.05) is 0 Å². The number of hydrogen-bond donors (Lipinski definition) is 1. The SMILES string of the molecule is O=C(O)/C=C/c1ccc(Oc2cc(F)ccc2Br)c(Br)c1. The van der Waals surface area contributed by atoms with Crippen molar-refractivity contribution in [3.8, 4) is 11.5 Å². The Labute approximate surface area is 137 Å². The lowest BCUT2D eigenvalue weighted by Crippen LogP contribution is -1.89. The van der Waals surface area contributed by atoms with E-state index in [0.29, 0.717) is 26.0 Å². The van der Waals surface area contributed by atoms with Crippen LogP contribution in [0.25, 0.3) is 6.08 Å². The van der Waals surface area contributed by atoms with Gasteiger partial charge in [-0.25, -0.2) is 9.18 Å². The predicted octanol–water partition coefficient (Wildman–Crippen LogP) is 5.24. The zero-order valence-corrected chi connectivity index (χ0v) is 13.7. The molecular weight excluding hydrogens is 407 g/mol. The molecule has 21 heavy (non-hydrogen) atoms. The molecule has 0 saturated heterocycles. The molecule has 0 fully saturated rings. The molecule has 0 spiro atoms. The fourth-order valence-corrected chi connectivity index (χ4v) is 2.35. The molecule has 0 radical (unpaired) electrons. The summed E-state index contributed by atoms with van der Waals surface area (Å²) in [7, 11) is 0. The van der Waals surface area contributed by atoms with Gasteiger partial charge in [-0.2, -0.15) is 0 Å². The zero-order valence-electron chi connectivity index (χ0n) is 10.5. The summed E-state index contributed by atoms with van der Waals surface area (Å²) in [5.41, 5.74) is 0.704. The van der Waals surface area contributed by atoms with Gasteiger partial charge >= 0.3 is 5.97 Å². The lowest BCUT2D eigenvalue weighted by molar-refractivity contribution is -0.131. The number of halogens is 3. The zero-order chi connectivity index (χ0) is 15.4. The molecule has 0 atom stereocenters. The minimum absolute atomic E-state index is 0.351. The van der Waals surface area contributed by atoms with E-state index < -0.39 is 11.8 Å². The number of benzene rings is 2. The molecule has 2 aromatic rings. The van der Waals surface area contributed by atoms with Crippen LogP contribution in [0.1, 0.15) is 5.56 Å². The molecule has 0 aliphatic rings. The second-order valence-electron chi connectivity index (χ2n) is 4.04. The first-order chi connectivity index (χ1) is 9.95. The Morgan fingerprint density at radius 2 is 1.86 bits per heavy atom. The Hall–Kier alpha value is -1.66. The highest BCUT2D eigenvalue weighted by atomic mass is 79.9. The standard InChI is InChI=1S/C15H9Br2FO3/c16-11-4-3-10(18)8-14(11)21-13-5-1-9(7-12(13)17)2-6-15(19)20/h1-8H,(H,19,20)/b6-2+. The van der Waals surface area contributed by atoms with Crippen LogP contribution in [-0.2, 0) is 4.79 Å². The quantitative estimate of drug-likeness (QED) is 0.694. The normalized spacial score (nSPS) is 10.8. The van der Waals surface area contributed by atoms with Crippen LogP contribution in [0, 0.1) is 5.82 Å². The molecule has 0 aliphatic carbocycles. The van der Waals surface area contributed by atoms with Gasteiger partial charge in [0.2, 0.25) is 0 Å². The van der Waals surface area contributed by atoms with E-state index in [9.17, 15) is 9.18 Å². The lowest BCUT2D eigenvalue weighted by atomic mass is 10.2. The molecule has 0 aromatic heterocycles. The van der Waals surface area contributed by atoms with Gasteiger partial charge in [-0.3, -0.25) is 0 Å². The maximum atomic E-state index is 13.2. The van der Waals surface area contributed by atoms with Crippen LogP contribution in [-0.4, -0.2) is 11.1 Å². The molecule has 2 rings (SSSR count). The molecular formula is C15H9Br2FO3. The number of carbonyl (C=O) groups is 1. The van der Waals surface area contributed by atoms with Gasteiger partial charge in [-0.15, -0.1) is 0 Å². The van der Waals surface area contributed by atoms with Crippen LogP contribution in [0.15, 0.2) is 51.4 Å². The summed E-state index contributed by atoms with van der Waals surface area (Å²) < 4.78 is 20.1. The van der Waals surface area contributed by atoms with E-state index in [1.54, 1.807) is 24.3 Å². The van der Waals surface area contributed by atoms with Gasteiger partial charge in [-0.05, 0) is 67.8 Å². The van der Waals surface area contributed by atoms with Crippen molar-refractivity contribution in [2.45, 2.75) is 0 Å². The van der Waals surface area contributed by atoms with Crippen LogP contribution in [0.2, 0.25) is 0 Å². The highest BCUT2D eigenvalue weighted by Crippen LogP contribution is 2.34. The van der Waals surface area contributed by atoms with E-state index >= 15 is 0 Å². The van der Waals surface area contributed by atoms with E-state index in [1.165, 1.54) is 18.2 Å². The number of aliphatic carboxylic acids is 1. The van der Waals surface area contributed by atoms with Crippen LogP contribution in [0.3, 0.4) is 0 Å². The smallest absolute Gasteiger partial charge is 0.328 e. The van der Waals surface area contributed by atoms with Crippen molar-refractivity contribution in [1.82, 2.24) is 0 Å². The summed E-state index contributed by atoms with van der Waals surface area (Å²) in [6, 6.07) is 9.24. The Bertz CT molecular complexity index is 714. The molecule has 0 heterocycles. The number of hydrogen-bond acceptors (Lipinski definition) is 2. The number of ether oxygens (including phenoxy) is 1. The van der Waals surface area contributed by atoms with E-state index in [2.05, 4.69) is 31.9 Å². The van der Waals surface area contributed by atoms with Gasteiger partial charge in [-0.1, -0.05) is 6.07 Å². The average Bonchev–Trinajstić information content (AvgIpc) is 2.43. The van der Waals surface area contributed by atoms with Gasteiger partial charge < -0.3 is 9.84 Å². The molecule has 0 aliphatic heterocycles. The van der Waals surface area contributed by atoms with Gasteiger partial charge in [0, 0.05) is 12.1 Å². The van der Waals surface area contributed by atoms with Crippen LogP contribution in [0.4, 0.5) is 4.39 Å². The second kappa shape index (κ2) is 6.87. The number of carboxylic acid groups (broad SMARTS) is 1. The minimum atomic E-state index is -1.02. The third-order valence-corrected chi connectivity index (χ3v) is 3.76. The maximum Gasteiger partial charge on any atom is 0.328 e. The fourth-order valence-electron chi connectivity index (χ4n) is 1.54. The van der Waals surface area contributed by atoms with E-state index in [0.717, 1.165) is 6.08 Å². The first kappa shape index (κ1) is 15.7. The van der Waals surface area contributed by atoms with Gasteiger partial charge in [0.05, 0.1) is 8.95 Å². The Morgan fingerprint density at radius 3 is 2.52 bits per heavy atom. The largest absolute Gasteiger partial charge is 0.478 e. The molecule has 6 heteroatoms. The molecule has 0 unspecified atom stereocenters. The molecule has 2 aromatic carbocycles. The first-order valence-electron chi connectivity index (χ1n) is 5.79. The van der Waals surface area contributed by atoms with Crippen molar-refractivity contribution in [2.24, 2.45) is 0 Å². The van der Waals surface area contributed by atoms with Crippen molar-refractivity contribution in [2.75, 3.05) is 0 Å². The highest BCUT2D eigenvalue weighted by molar-refractivity contribution is 9.11. The van der Waals surface area contributed by atoms with Crippen LogP contribution < -0.4 is 4.74 Å². The van der Waals surface area contributed by atoms with Crippen molar-refractivity contribution >= 4 is 43.9 Å². The van der Waals surface area contributed by atoms with E-state index in [4.69, 9.17) is 9.84 Å². The maximum absolute atomic E-state index is 13.2. The minimum Gasteiger partial charge on any atom is -0.478 e. The van der Waals surface area contributed by atoms with Crippen molar-refractivity contribution in [3.63, 3.8) is 0 Å². The van der Waals surface area contributed by atoms with Crippen molar-refractivity contribution in [1.29, 1.82) is 0 Å². The number of rotatable bonds is 4. The molecule has 3 nitrogen and oxygen atoms in total. The van der Waals surface area contributed by atoms with E-state index in [-0.39, 0.29) is 0 Å². The van der Waals surface area contributed by atoms with Crippen LogP contribution in [0.5, 0.6) is 11.5 Å².